The van der Waals surface area contributed by atoms with Crippen molar-refractivity contribution in [2.75, 3.05) is 13.2 Å². The second kappa shape index (κ2) is 10.3. The normalized spacial score (nSPS) is 26.7. The van der Waals surface area contributed by atoms with Crippen molar-refractivity contribution in [3.05, 3.63) is 71.8 Å². The van der Waals surface area contributed by atoms with Gasteiger partial charge in [0.25, 0.3) is 0 Å². The zero-order valence-electron chi connectivity index (χ0n) is 21.0. The third-order valence-corrected chi connectivity index (χ3v) is 8.25. The van der Waals surface area contributed by atoms with Gasteiger partial charge in [-0.3, -0.25) is 14.4 Å². The van der Waals surface area contributed by atoms with Crippen LogP contribution in [0.5, 0.6) is 0 Å². The fraction of sp³-hybridized carbons (Fsp3) is 0.500. The van der Waals surface area contributed by atoms with Crippen LogP contribution in [-0.4, -0.2) is 30.9 Å². The molecule has 0 N–H and O–H groups in total. The lowest BCUT2D eigenvalue weighted by molar-refractivity contribution is -0.172. The quantitative estimate of drug-likeness (QED) is 0.261. The average molecular weight is 477 g/mol. The summed E-state index contributed by atoms with van der Waals surface area (Å²) in [6.45, 7) is 6.08. The second-order valence-corrected chi connectivity index (χ2v) is 9.97. The maximum absolute atomic E-state index is 14.0. The van der Waals surface area contributed by atoms with Gasteiger partial charge in [-0.25, -0.2) is 0 Å². The van der Waals surface area contributed by atoms with Crippen LogP contribution < -0.4 is 0 Å². The van der Waals surface area contributed by atoms with Crippen molar-refractivity contribution in [2.24, 2.45) is 23.2 Å². The minimum absolute atomic E-state index is 0.00340. The Morgan fingerprint density at radius 2 is 1.40 bits per heavy atom. The molecule has 0 amide bonds. The molecule has 0 unspecified atom stereocenters. The number of ether oxygens (including phenoxy) is 2. The van der Waals surface area contributed by atoms with Crippen molar-refractivity contribution in [1.82, 2.24) is 0 Å². The van der Waals surface area contributed by atoms with E-state index in [0.717, 1.165) is 24.0 Å². The molecule has 0 spiro atoms. The van der Waals surface area contributed by atoms with Crippen molar-refractivity contribution in [3.63, 3.8) is 0 Å². The van der Waals surface area contributed by atoms with Crippen LogP contribution in [0, 0.1) is 23.2 Å². The first kappa shape index (κ1) is 25.2. The van der Waals surface area contributed by atoms with Crippen molar-refractivity contribution >= 4 is 17.7 Å². The molecule has 4 rings (SSSR count). The highest BCUT2D eigenvalue weighted by molar-refractivity contribution is 6.01. The number of Topliss-reactive ketones (excluding diaryl/α,β-unsaturated/α-hetero) is 1. The van der Waals surface area contributed by atoms with Gasteiger partial charge in [0, 0.05) is 16.9 Å². The Bertz CT molecular complexity index is 1030. The molecule has 0 aliphatic heterocycles. The van der Waals surface area contributed by atoms with Gasteiger partial charge in [0.2, 0.25) is 0 Å². The van der Waals surface area contributed by atoms with E-state index in [1.165, 1.54) is 0 Å². The van der Waals surface area contributed by atoms with E-state index in [1.54, 1.807) is 13.8 Å². The third kappa shape index (κ3) is 4.19. The van der Waals surface area contributed by atoms with E-state index in [4.69, 9.17) is 9.47 Å². The monoisotopic (exact) mass is 476 g/mol. The van der Waals surface area contributed by atoms with Crippen molar-refractivity contribution in [2.45, 2.75) is 58.3 Å². The molecular formula is C30H36O5. The molecule has 5 nitrogen and oxygen atoms in total. The maximum Gasteiger partial charge on any atom is 0.323 e. The van der Waals surface area contributed by atoms with Crippen LogP contribution >= 0.6 is 0 Å². The summed E-state index contributed by atoms with van der Waals surface area (Å²) < 4.78 is 10.9. The van der Waals surface area contributed by atoms with Crippen LogP contribution in [0.1, 0.15) is 68.8 Å². The largest absolute Gasteiger partial charge is 0.465 e. The smallest absolute Gasteiger partial charge is 0.323 e. The molecule has 35 heavy (non-hydrogen) atoms. The number of carbonyl (C=O) groups excluding carboxylic acids is 3. The zero-order chi connectivity index (χ0) is 25.1. The Morgan fingerprint density at radius 3 is 1.94 bits per heavy atom. The minimum Gasteiger partial charge on any atom is -0.465 e. The van der Waals surface area contributed by atoms with E-state index in [1.807, 2.05) is 48.5 Å². The minimum atomic E-state index is -1.31. The Morgan fingerprint density at radius 1 is 0.829 bits per heavy atom. The Hall–Kier alpha value is -2.95. The number of esters is 2. The first-order chi connectivity index (χ1) is 16.9. The molecule has 0 aromatic heterocycles. The van der Waals surface area contributed by atoms with Gasteiger partial charge >= 0.3 is 11.9 Å². The van der Waals surface area contributed by atoms with Gasteiger partial charge in [-0.05, 0) is 56.9 Å². The third-order valence-electron chi connectivity index (χ3n) is 8.25. The Kier molecular flexibility index (Phi) is 7.44. The molecule has 2 fully saturated rings. The molecule has 2 aromatic rings. The fourth-order valence-corrected chi connectivity index (χ4v) is 7.02. The summed E-state index contributed by atoms with van der Waals surface area (Å²) in [6, 6.07) is 19.7. The predicted molar refractivity (Wildman–Crippen MR) is 134 cm³/mol. The number of ketones is 1. The molecule has 2 saturated carbocycles. The van der Waals surface area contributed by atoms with Crippen LogP contribution in [-0.2, 0) is 24.5 Å². The van der Waals surface area contributed by atoms with Crippen LogP contribution in [0.4, 0.5) is 0 Å². The van der Waals surface area contributed by atoms with Gasteiger partial charge in [0.1, 0.15) is 0 Å². The number of hydrogen-bond acceptors (Lipinski definition) is 5. The van der Waals surface area contributed by atoms with E-state index in [0.29, 0.717) is 19.3 Å². The summed E-state index contributed by atoms with van der Waals surface area (Å²) in [6.07, 6.45) is 3.06. The number of rotatable bonds is 9. The molecule has 5 heteroatoms. The van der Waals surface area contributed by atoms with E-state index in [-0.39, 0.29) is 36.8 Å². The predicted octanol–water partition coefficient (Wildman–Crippen LogP) is 5.77. The molecular weight excluding hydrogens is 440 g/mol. The summed E-state index contributed by atoms with van der Waals surface area (Å²) in [5.74, 6) is -1.00. The van der Waals surface area contributed by atoms with E-state index in [2.05, 4.69) is 19.1 Å². The molecule has 0 bridgehead atoms. The fourth-order valence-electron chi connectivity index (χ4n) is 7.02. The number of hydrogen-bond donors (Lipinski definition) is 0. The van der Waals surface area contributed by atoms with Gasteiger partial charge in [-0.1, -0.05) is 74.0 Å². The van der Waals surface area contributed by atoms with Gasteiger partial charge in [0.15, 0.2) is 11.2 Å². The van der Waals surface area contributed by atoms with Gasteiger partial charge in [-0.2, -0.15) is 0 Å². The molecule has 0 radical (unpaired) electrons. The first-order valence-electron chi connectivity index (χ1n) is 12.9. The number of fused-ring (bicyclic) bond motifs is 1. The van der Waals surface area contributed by atoms with Crippen LogP contribution in [0.25, 0.3) is 0 Å². The molecule has 2 aromatic carbocycles. The maximum atomic E-state index is 14.0. The molecule has 0 saturated heterocycles. The van der Waals surface area contributed by atoms with Crippen LogP contribution in [0.3, 0.4) is 0 Å². The van der Waals surface area contributed by atoms with Gasteiger partial charge in [-0.15, -0.1) is 0 Å². The molecule has 0 heterocycles. The lowest BCUT2D eigenvalue weighted by Gasteiger charge is -2.41. The lowest BCUT2D eigenvalue weighted by Crippen LogP contribution is -2.45. The SMILES string of the molecule is CCC[C@@]1(c2ccccc2)[C@@H](C(=O)c2ccccc2)C[C@H]2CC(C(=O)OCC)(C(=O)OCC)C[C@H]21. The summed E-state index contributed by atoms with van der Waals surface area (Å²) in [4.78, 5) is 40.5. The van der Waals surface area contributed by atoms with Crippen LogP contribution in [0.2, 0.25) is 0 Å². The average Bonchev–Trinajstić information content (AvgIpc) is 3.41. The summed E-state index contributed by atoms with van der Waals surface area (Å²) in [7, 11) is 0. The molecule has 2 aliphatic carbocycles. The first-order valence-corrected chi connectivity index (χ1v) is 12.9. The molecule has 186 valence electrons. The van der Waals surface area contributed by atoms with E-state index in [9.17, 15) is 14.4 Å². The molecule has 4 atom stereocenters. The summed E-state index contributed by atoms with van der Waals surface area (Å²) in [5, 5.41) is 0. The number of carbonyl (C=O) groups is 3. The van der Waals surface area contributed by atoms with Crippen molar-refractivity contribution in [3.8, 4) is 0 Å². The number of benzene rings is 2. The van der Waals surface area contributed by atoms with Crippen molar-refractivity contribution < 1.29 is 23.9 Å². The van der Waals surface area contributed by atoms with E-state index < -0.39 is 22.8 Å². The summed E-state index contributed by atoms with van der Waals surface area (Å²) in [5.41, 5.74) is 0.0626. The molecule has 2 aliphatic rings. The lowest BCUT2D eigenvalue weighted by atomic mass is 9.61. The van der Waals surface area contributed by atoms with Gasteiger partial charge < -0.3 is 9.47 Å². The Labute approximate surface area is 208 Å². The highest BCUT2D eigenvalue weighted by Gasteiger charge is 2.67. The Balaban J connectivity index is 1.83. The summed E-state index contributed by atoms with van der Waals surface area (Å²) >= 11 is 0. The zero-order valence-corrected chi connectivity index (χ0v) is 21.0. The van der Waals surface area contributed by atoms with Gasteiger partial charge in [0.05, 0.1) is 13.2 Å². The standard InChI is InChI=1S/C30H36O5/c1-4-17-30(23-15-11-8-12-16-23)24(26(31)21-13-9-7-10-14-21)18-22-19-29(20-25(22)30,27(32)34-5-2)28(33)35-6-3/h7-16,22,24-25H,4-6,17-20H2,1-3H3/t22-,24+,25+,30+/m0/s1. The van der Waals surface area contributed by atoms with E-state index >= 15 is 0 Å². The van der Waals surface area contributed by atoms with Crippen LogP contribution in [0.15, 0.2) is 60.7 Å². The van der Waals surface area contributed by atoms with Crippen molar-refractivity contribution in [1.29, 1.82) is 0 Å². The highest BCUT2D eigenvalue weighted by atomic mass is 16.6. The topological polar surface area (TPSA) is 69.7 Å². The highest BCUT2D eigenvalue weighted by Crippen LogP contribution is 2.65. The second-order valence-electron chi connectivity index (χ2n) is 9.97.